The number of pyridine rings is 1. The summed E-state index contributed by atoms with van der Waals surface area (Å²) in [6.07, 6.45) is 5.25. The number of nitrogens with two attached hydrogens (primary N) is 1. The van der Waals surface area contributed by atoms with Gasteiger partial charge in [0.2, 0.25) is 0 Å². The number of nitrogen functional groups attached to an aromatic ring is 1. The van der Waals surface area contributed by atoms with E-state index in [1.165, 1.54) is 17.1 Å². The van der Waals surface area contributed by atoms with E-state index in [-0.39, 0.29) is 10.7 Å². The Morgan fingerprint density at radius 3 is 2.89 bits per heavy atom. The van der Waals surface area contributed by atoms with Crippen LogP contribution in [0.2, 0.25) is 0 Å². The minimum atomic E-state index is -3.74. The van der Waals surface area contributed by atoms with Crippen LogP contribution in [0.3, 0.4) is 0 Å². The minimum absolute atomic E-state index is 0.00941. The predicted molar refractivity (Wildman–Crippen MR) is 72.0 cm³/mol. The van der Waals surface area contributed by atoms with Crippen LogP contribution >= 0.6 is 0 Å². The number of hydrogen-bond acceptors (Lipinski definition) is 5. The first-order valence-electron chi connectivity index (χ1n) is 5.78. The SMILES string of the molecule is CCCn1cc(S(=O)(=O)Nc2cccnc2)c(N)n1. The Bertz CT molecular complexity index is 651. The van der Waals surface area contributed by atoms with E-state index in [9.17, 15) is 8.42 Å². The van der Waals surface area contributed by atoms with Crippen LogP contribution in [0.15, 0.2) is 35.6 Å². The zero-order chi connectivity index (χ0) is 13.9. The smallest absolute Gasteiger partial charge is 0.267 e. The van der Waals surface area contributed by atoms with Crippen LogP contribution in [0.5, 0.6) is 0 Å². The molecular weight excluding hydrogens is 266 g/mol. The Kier molecular flexibility index (Phi) is 3.70. The standard InChI is InChI=1S/C11H15N5O2S/c1-2-6-16-8-10(11(12)14-16)19(17,18)15-9-4-3-5-13-7-9/h3-5,7-8,15H,2,6H2,1H3,(H2,12,14). The van der Waals surface area contributed by atoms with Crippen molar-refractivity contribution >= 4 is 21.5 Å². The van der Waals surface area contributed by atoms with Crippen LogP contribution in [0, 0.1) is 0 Å². The summed E-state index contributed by atoms with van der Waals surface area (Å²) >= 11 is 0. The molecule has 2 heterocycles. The summed E-state index contributed by atoms with van der Waals surface area (Å²) < 4.78 is 28.3. The van der Waals surface area contributed by atoms with Gasteiger partial charge in [-0.25, -0.2) is 8.42 Å². The van der Waals surface area contributed by atoms with Crippen LogP contribution in [0.1, 0.15) is 13.3 Å². The van der Waals surface area contributed by atoms with Crippen molar-refractivity contribution in [2.45, 2.75) is 24.8 Å². The predicted octanol–water partition coefficient (Wildman–Crippen LogP) is 1.07. The first-order chi connectivity index (χ1) is 9.03. The summed E-state index contributed by atoms with van der Waals surface area (Å²) in [5.74, 6) is -0.00941. The van der Waals surface area contributed by atoms with Crippen LogP contribution in [0.25, 0.3) is 0 Å². The summed E-state index contributed by atoms with van der Waals surface area (Å²) in [5.41, 5.74) is 6.02. The molecule has 0 bridgehead atoms. The van der Waals surface area contributed by atoms with Crippen molar-refractivity contribution in [1.29, 1.82) is 0 Å². The van der Waals surface area contributed by atoms with Gasteiger partial charge in [-0.05, 0) is 18.6 Å². The molecule has 0 aliphatic carbocycles. The van der Waals surface area contributed by atoms with Crippen LogP contribution in [0.4, 0.5) is 11.5 Å². The molecule has 0 atom stereocenters. The highest BCUT2D eigenvalue weighted by Crippen LogP contribution is 2.19. The Hall–Kier alpha value is -2.09. The van der Waals surface area contributed by atoms with Gasteiger partial charge in [-0.2, -0.15) is 5.10 Å². The van der Waals surface area contributed by atoms with E-state index in [4.69, 9.17) is 5.73 Å². The first kappa shape index (κ1) is 13.3. The van der Waals surface area contributed by atoms with Gasteiger partial charge < -0.3 is 5.73 Å². The topological polar surface area (TPSA) is 103 Å². The van der Waals surface area contributed by atoms with E-state index in [0.29, 0.717) is 12.2 Å². The second kappa shape index (κ2) is 5.27. The molecule has 102 valence electrons. The molecule has 0 aromatic carbocycles. The molecule has 2 rings (SSSR count). The van der Waals surface area contributed by atoms with Gasteiger partial charge >= 0.3 is 0 Å². The van der Waals surface area contributed by atoms with Crippen LogP contribution in [-0.4, -0.2) is 23.2 Å². The quantitative estimate of drug-likeness (QED) is 0.853. The first-order valence-corrected chi connectivity index (χ1v) is 7.27. The van der Waals surface area contributed by atoms with Gasteiger partial charge in [0.15, 0.2) is 5.82 Å². The average Bonchev–Trinajstić information content (AvgIpc) is 2.72. The molecule has 0 aliphatic heterocycles. The lowest BCUT2D eigenvalue weighted by atomic mass is 10.4. The van der Waals surface area contributed by atoms with Gasteiger partial charge in [-0.1, -0.05) is 6.92 Å². The second-order valence-electron chi connectivity index (χ2n) is 3.99. The van der Waals surface area contributed by atoms with Crippen molar-refractivity contribution in [1.82, 2.24) is 14.8 Å². The molecule has 8 heteroatoms. The fourth-order valence-electron chi connectivity index (χ4n) is 1.60. The zero-order valence-corrected chi connectivity index (χ0v) is 11.3. The molecule has 0 aliphatic rings. The van der Waals surface area contributed by atoms with Crippen molar-refractivity contribution < 1.29 is 8.42 Å². The summed E-state index contributed by atoms with van der Waals surface area (Å²) in [6, 6.07) is 3.25. The molecule has 0 amide bonds. The van der Waals surface area contributed by atoms with Crippen LogP contribution in [-0.2, 0) is 16.6 Å². The van der Waals surface area contributed by atoms with Crippen LogP contribution < -0.4 is 10.5 Å². The van der Waals surface area contributed by atoms with Gasteiger partial charge in [-0.3, -0.25) is 14.4 Å². The van der Waals surface area contributed by atoms with Gasteiger partial charge in [0.25, 0.3) is 10.0 Å². The van der Waals surface area contributed by atoms with Crippen molar-refractivity contribution in [3.8, 4) is 0 Å². The van der Waals surface area contributed by atoms with Gasteiger partial charge in [0, 0.05) is 18.9 Å². The number of rotatable bonds is 5. The third-order valence-electron chi connectivity index (χ3n) is 2.41. The van der Waals surface area contributed by atoms with Crippen molar-refractivity contribution in [3.05, 3.63) is 30.7 Å². The number of anilines is 2. The third-order valence-corrected chi connectivity index (χ3v) is 3.81. The maximum Gasteiger partial charge on any atom is 0.267 e. The Morgan fingerprint density at radius 2 is 2.26 bits per heavy atom. The largest absolute Gasteiger partial charge is 0.381 e. The maximum absolute atomic E-state index is 12.2. The number of nitrogens with zero attached hydrogens (tertiary/aromatic N) is 3. The maximum atomic E-state index is 12.2. The minimum Gasteiger partial charge on any atom is -0.381 e. The highest BCUT2D eigenvalue weighted by Gasteiger charge is 2.21. The van der Waals surface area contributed by atoms with Crippen molar-refractivity contribution in [2.24, 2.45) is 0 Å². The lowest BCUT2D eigenvalue weighted by molar-refractivity contribution is 0.595. The molecule has 0 saturated heterocycles. The summed E-state index contributed by atoms with van der Waals surface area (Å²) in [7, 11) is -3.74. The number of sulfonamides is 1. The van der Waals surface area contributed by atoms with E-state index < -0.39 is 10.0 Å². The van der Waals surface area contributed by atoms with E-state index in [1.54, 1.807) is 18.3 Å². The lowest BCUT2D eigenvalue weighted by Gasteiger charge is -2.05. The molecule has 3 N–H and O–H groups in total. The monoisotopic (exact) mass is 281 g/mol. The average molecular weight is 281 g/mol. The Balaban J connectivity index is 2.29. The molecule has 0 unspecified atom stereocenters. The number of aromatic nitrogens is 3. The van der Waals surface area contributed by atoms with Gasteiger partial charge in [0.1, 0.15) is 4.90 Å². The molecule has 7 nitrogen and oxygen atoms in total. The number of aryl methyl sites for hydroxylation is 1. The normalized spacial score (nSPS) is 11.4. The van der Waals surface area contributed by atoms with Gasteiger partial charge in [0.05, 0.1) is 11.9 Å². The molecular formula is C11H15N5O2S. The molecule has 0 saturated carbocycles. The third kappa shape index (κ3) is 3.02. The Labute approximate surface area is 111 Å². The fraction of sp³-hybridized carbons (Fsp3) is 0.273. The number of nitrogens with one attached hydrogen (secondary N) is 1. The second-order valence-corrected chi connectivity index (χ2v) is 5.64. The Morgan fingerprint density at radius 1 is 1.47 bits per heavy atom. The highest BCUT2D eigenvalue weighted by atomic mass is 32.2. The summed E-state index contributed by atoms with van der Waals surface area (Å²) in [4.78, 5) is 3.82. The zero-order valence-electron chi connectivity index (χ0n) is 10.4. The molecule has 0 spiro atoms. The molecule has 2 aromatic heterocycles. The van der Waals surface area contributed by atoms with E-state index in [1.807, 2.05) is 6.92 Å². The summed E-state index contributed by atoms with van der Waals surface area (Å²) in [6.45, 7) is 2.59. The van der Waals surface area contributed by atoms with Crippen molar-refractivity contribution in [2.75, 3.05) is 10.5 Å². The summed E-state index contributed by atoms with van der Waals surface area (Å²) in [5, 5.41) is 3.97. The van der Waals surface area contributed by atoms with E-state index in [0.717, 1.165) is 6.42 Å². The highest BCUT2D eigenvalue weighted by molar-refractivity contribution is 7.92. The van der Waals surface area contributed by atoms with Crippen molar-refractivity contribution in [3.63, 3.8) is 0 Å². The molecule has 0 fully saturated rings. The number of hydrogen-bond donors (Lipinski definition) is 2. The van der Waals surface area contributed by atoms with E-state index >= 15 is 0 Å². The van der Waals surface area contributed by atoms with E-state index in [2.05, 4.69) is 14.8 Å². The molecule has 19 heavy (non-hydrogen) atoms. The lowest BCUT2D eigenvalue weighted by Crippen LogP contribution is -2.14. The fourth-order valence-corrected chi connectivity index (χ4v) is 2.72. The molecule has 2 aromatic rings. The molecule has 0 radical (unpaired) electrons. The van der Waals surface area contributed by atoms with Gasteiger partial charge in [-0.15, -0.1) is 0 Å².